The van der Waals surface area contributed by atoms with Crippen LogP contribution in [-0.2, 0) is 16.4 Å². The Hall–Kier alpha value is -1.51. The van der Waals surface area contributed by atoms with E-state index in [9.17, 15) is 8.42 Å². The van der Waals surface area contributed by atoms with Gasteiger partial charge in [-0.05, 0) is 25.8 Å². The van der Waals surface area contributed by atoms with Crippen molar-refractivity contribution < 1.29 is 8.42 Å². The molecule has 0 N–H and O–H groups in total. The van der Waals surface area contributed by atoms with Gasteiger partial charge in [0.1, 0.15) is 5.82 Å². The van der Waals surface area contributed by atoms with Crippen LogP contribution in [0.3, 0.4) is 0 Å². The lowest BCUT2D eigenvalue weighted by atomic mass is 10.1. The van der Waals surface area contributed by atoms with E-state index in [4.69, 9.17) is 0 Å². The van der Waals surface area contributed by atoms with Crippen molar-refractivity contribution in [2.24, 2.45) is 0 Å². The molecule has 0 atom stereocenters. The molecule has 0 aliphatic carbocycles. The third-order valence-corrected chi connectivity index (χ3v) is 7.12. The third-order valence-electron chi connectivity index (χ3n) is 4.42. The van der Waals surface area contributed by atoms with Crippen molar-refractivity contribution in [2.45, 2.75) is 26.7 Å². The van der Waals surface area contributed by atoms with Crippen LogP contribution in [0.25, 0.3) is 0 Å². The van der Waals surface area contributed by atoms with Gasteiger partial charge in [-0.15, -0.1) is 0 Å². The number of sulfonamides is 1. The Bertz CT molecular complexity index is 802. The monoisotopic (exact) mass is 380 g/mol. The molecule has 0 bridgehead atoms. The highest BCUT2D eigenvalue weighted by Gasteiger charge is 2.24. The van der Waals surface area contributed by atoms with E-state index in [-0.39, 0.29) is 5.75 Å². The van der Waals surface area contributed by atoms with Gasteiger partial charge in [0.25, 0.3) is 0 Å². The first-order valence-corrected chi connectivity index (χ1v) is 11.0. The fourth-order valence-electron chi connectivity index (χ4n) is 2.88. The predicted molar refractivity (Wildman–Crippen MR) is 102 cm³/mol. The molecule has 2 aromatic rings. The first-order chi connectivity index (χ1) is 12.0. The highest BCUT2D eigenvalue weighted by molar-refractivity contribution is 7.89. The van der Waals surface area contributed by atoms with E-state index in [2.05, 4.69) is 45.4 Å². The predicted octanol–water partition coefficient (Wildman–Crippen LogP) is 2.30. The minimum absolute atomic E-state index is 0.159. The van der Waals surface area contributed by atoms with Gasteiger partial charge in [-0.2, -0.15) is 4.37 Å². The molecule has 1 aromatic heterocycles. The first-order valence-electron chi connectivity index (χ1n) is 8.59. The summed E-state index contributed by atoms with van der Waals surface area (Å²) in [6.45, 7) is 6.35. The molecule has 1 fully saturated rings. The summed E-state index contributed by atoms with van der Waals surface area (Å²) in [5.74, 6) is 0.984. The van der Waals surface area contributed by atoms with Gasteiger partial charge in [0.2, 0.25) is 15.2 Å². The van der Waals surface area contributed by atoms with Crippen LogP contribution in [0.2, 0.25) is 0 Å². The molecule has 1 aromatic carbocycles. The third kappa shape index (κ3) is 4.56. The lowest BCUT2D eigenvalue weighted by molar-refractivity contribution is 0.434. The molecular weight excluding hydrogens is 356 g/mol. The van der Waals surface area contributed by atoms with Crippen molar-refractivity contribution in [1.82, 2.24) is 13.7 Å². The van der Waals surface area contributed by atoms with Gasteiger partial charge in [-0.25, -0.2) is 17.7 Å². The number of nitrogens with zero attached hydrogens (tertiary/aromatic N) is 4. The van der Waals surface area contributed by atoms with E-state index >= 15 is 0 Å². The van der Waals surface area contributed by atoms with Crippen LogP contribution in [0.1, 0.15) is 30.3 Å². The molecule has 0 saturated carbocycles. The van der Waals surface area contributed by atoms with Crippen LogP contribution >= 0.6 is 11.5 Å². The highest BCUT2D eigenvalue weighted by Crippen LogP contribution is 2.21. The van der Waals surface area contributed by atoms with Gasteiger partial charge in [0, 0.05) is 44.1 Å². The summed E-state index contributed by atoms with van der Waals surface area (Å²) < 4.78 is 30.2. The van der Waals surface area contributed by atoms with E-state index in [1.807, 2.05) is 0 Å². The number of benzene rings is 1. The molecule has 1 aliphatic heterocycles. The largest absolute Gasteiger partial charge is 0.345 e. The maximum Gasteiger partial charge on any atom is 0.213 e. The van der Waals surface area contributed by atoms with Gasteiger partial charge in [0.15, 0.2) is 0 Å². The van der Waals surface area contributed by atoms with E-state index in [0.29, 0.717) is 19.6 Å². The SMILES string of the molecule is CCS(=O)(=O)N1CCCN(c2nc(Cc3ccc(C)cc3)ns2)CC1. The van der Waals surface area contributed by atoms with Crippen LogP contribution in [0, 0.1) is 6.92 Å². The molecule has 0 spiro atoms. The lowest BCUT2D eigenvalue weighted by Crippen LogP contribution is -2.36. The molecule has 1 saturated heterocycles. The Balaban J connectivity index is 1.65. The van der Waals surface area contributed by atoms with E-state index < -0.39 is 10.0 Å². The van der Waals surface area contributed by atoms with Crippen LogP contribution < -0.4 is 4.90 Å². The Morgan fingerprint density at radius 2 is 1.88 bits per heavy atom. The Morgan fingerprint density at radius 3 is 2.60 bits per heavy atom. The molecule has 2 heterocycles. The summed E-state index contributed by atoms with van der Waals surface area (Å²) in [6, 6.07) is 8.41. The zero-order chi connectivity index (χ0) is 17.9. The van der Waals surface area contributed by atoms with Crippen molar-refractivity contribution in [3.8, 4) is 0 Å². The number of aromatic nitrogens is 2. The second kappa shape index (κ2) is 7.80. The lowest BCUT2D eigenvalue weighted by Gasteiger charge is -2.20. The number of aryl methyl sites for hydroxylation is 1. The highest BCUT2D eigenvalue weighted by atomic mass is 32.2. The average Bonchev–Trinajstić information content (AvgIpc) is 2.91. The Morgan fingerprint density at radius 1 is 1.12 bits per heavy atom. The minimum atomic E-state index is -3.12. The molecule has 1 aliphatic rings. The van der Waals surface area contributed by atoms with Crippen LogP contribution in [0.15, 0.2) is 24.3 Å². The molecule has 8 heteroatoms. The average molecular weight is 381 g/mol. The standard InChI is InChI=1S/C17H24N4O2S2/c1-3-25(22,23)21-10-4-9-20(11-12-21)17-18-16(19-24-17)13-15-7-5-14(2)6-8-15/h5-8H,3-4,9-13H2,1-2H3. The molecule has 0 unspecified atom stereocenters. The summed E-state index contributed by atoms with van der Waals surface area (Å²) in [5, 5.41) is 0.887. The van der Waals surface area contributed by atoms with Gasteiger partial charge >= 0.3 is 0 Å². The topological polar surface area (TPSA) is 66.4 Å². The number of hydrogen-bond donors (Lipinski definition) is 0. The van der Waals surface area contributed by atoms with Crippen molar-refractivity contribution in [3.63, 3.8) is 0 Å². The van der Waals surface area contributed by atoms with Crippen molar-refractivity contribution in [3.05, 3.63) is 41.2 Å². The summed E-state index contributed by atoms with van der Waals surface area (Å²) in [5.41, 5.74) is 2.44. The van der Waals surface area contributed by atoms with Crippen molar-refractivity contribution in [1.29, 1.82) is 0 Å². The summed E-state index contributed by atoms with van der Waals surface area (Å²) in [6.07, 6.45) is 1.53. The molecule has 0 amide bonds. The van der Waals surface area contributed by atoms with E-state index in [1.165, 1.54) is 22.7 Å². The quantitative estimate of drug-likeness (QED) is 0.796. The Kier molecular flexibility index (Phi) is 5.71. The maximum absolute atomic E-state index is 12.1. The summed E-state index contributed by atoms with van der Waals surface area (Å²) >= 11 is 1.40. The number of hydrogen-bond acceptors (Lipinski definition) is 6. The van der Waals surface area contributed by atoms with Crippen LogP contribution in [0.4, 0.5) is 5.13 Å². The second-order valence-corrected chi connectivity index (χ2v) is 9.28. The molecule has 0 radical (unpaired) electrons. The summed E-state index contributed by atoms with van der Waals surface area (Å²) in [4.78, 5) is 6.82. The number of rotatable bonds is 5. The second-order valence-electron chi connectivity index (χ2n) is 6.30. The van der Waals surface area contributed by atoms with Gasteiger partial charge in [0.05, 0.1) is 5.75 Å². The van der Waals surface area contributed by atoms with Crippen molar-refractivity contribution in [2.75, 3.05) is 36.8 Å². The fraction of sp³-hybridized carbons (Fsp3) is 0.529. The van der Waals surface area contributed by atoms with E-state index in [1.54, 1.807) is 11.2 Å². The zero-order valence-electron chi connectivity index (χ0n) is 14.7. The van der Waals surface area contributed by atoms with Gasteiger partial charge in [-0.3, -0.25) is 0 Å². The van der Waals surface area contributed by atoms with Crippen molar-refractivity contribution >= 4 is 26.7 Å². The van der Waals surface area contributed by atoms with Crippen LogP contribution in [0.5, 0.6) is 0 Å². The molecule has 25 heavy (non-hydrogen) atoms. The summed E-state index contributed by atoms with van der Waals surface area (Å²) in [7, 11) is -3.12. The smallest absolute Gasteiger partial charge is 0.213 e. The molecular formula is C17H24N4O2S2. The first kappa shape index (κ1) is 18.3. The normalized spacial score (nSPS) is 16.8. The Labute approximate surface area is 153 Å². The van der Waals surface area contributed by atoms with Crippen LogP contribution in [-0.4, -0.2) is 54.0 Å². The number of anilines is 1. The van der Waals surface area contributed by atoms with E-state index in [0.717, 1.165) is 30.3 Å². The zero-order valence-corrected chi connectivity index (χ0v) is 16.3. The molecule has 136 valence electrons. The fourth-order valence-corrected chi connectivity index (χ4v) is 4.75. The molecule has 6 nitrogen and oxygen atoms in total. The van der Waals surface area contributed by atoms with Gasteiger partial charge < -0.3 is 4.90 Å². The molecule has 3 rings (SSSR count). The minimum Gasteiger partial charge on any atom is -0.345 e. The van der Waals surface area contributed by atoms with Gasteiger partial charge in [-0.1, -0.05) is 29.8 Å². The maximum atomic E-state index is 12.1.